The van der Waals surface area contributed by atoms with Crippen LogP contribution in [0.15, 0.2) is 53.7 Å². The molecule has 0 atom stereocenters. The summed E-state index contributed by atoms with van der Waals surface area (Å²) < 4.78 is 1.44. The molecule has 158 valence electrons. The summed E-state index contributed by atoms with van der Waals surface area (Å²) in [6, 6.07) is 9.39. The topological polar surface area (TPSA) is 121 Å². The molecular weight excluding hydrogens is 394 g/mol. The zero-order chi connectivity index (χ0) is 21.4. The number of anilines is 2. The van der Waals surface area contributed by atoms with Crippen LogP contribution in [0.2, 0.25) is 0 Å². The second kappa shape index (κ2) is 7.84. The first kappa shape index (κ1) is 19.3. The molecule has 1 fully saturated rings. The van der Waals surface area contributed by atoms with Crippen LogP contribution in [0.1, 0.15) is 23.2 Å². The smallest absolute Gasteiger partial charge is 0.279 e. The number of carbonyl (C=O) groups excluding carboxylic acids is 1. The van der Waals surface area contributed by atoms with Gasteiger partial charge in [-0.2, -0.15) is 0 Å². The first-order chi connectivity index (χ1) is 15.1. The molecule has 0 aliphatic carbocycles. The van der Waals surface area contributed by atoms with Crippen molar-refractivity contribution in [3.8, 4) is 0 Å². The minimum absolute atomic E-state index is 0.0142. The molecule has 0 unspecified atom stereocenters. The molecule has 1 aliphatic heterocycles. The summed E-state index contributed by atoms with van der Waals surface area (Å²) in [6.45, 7) is 2.38. The molecule has 3 aromatic heterocycles. The van der Waals surface area contributed by atoms with Crippen LogP contribution in [-0.4, -0.2) is 45.1 Å². The number of hydrogen-bond acceptors (Lipinski definition) is 6. The van der Waals surface area contributed by atoms with E-state index < -0.39 is 11.5 Å². The van der Waals surface area contributed by atoms with Crippen molar-refractivity contribution in [3.05, 3.63) is 64.8 Å². The maximum Gasteiger partial charge on any atom is 0.279 e. The normalized spacial score (nSPS) is 14.9. The lowest BCUT2D eigenvalue weighted by Gasteiger charge is -2.34. The summed E-state index contributed by atoms with van der Waals surface area (Å²) in [5.41, 5.74) is 8.03. The van der Waals surface area contributed by atoms with Gasteiger partial charge in [0, 0.05) is 37.1 Å². The van der Waals surface area contributed by atoms with Crippen LogP contribution in [0.3, 0.4) is 0 Å². The minimum atomic E-state index is -0.496. The highest BCUT2D eigenvalue weighted by Gasteiger charge is 2.24. The van der Waals surface area contributed by atoms with Crippen molar-refractivity contribution in [1.82, 2.24) is 19.6 Å². The van der Waals surface area contributed by atoms with Gasteiger partial charge in [0.2, 0.25) is 0 Å². The summed E-state index contributed by atoms with van der Waals surface area (Å²) >= 11 is 0. The molecule has 0 saturated carbocycles. The number of aromatic amines is 1. The first-order valence-electron chi connectivity index (χ1n) is 10.3. The highest BCUT2D eigenvalue weighted by Crippen LogP contribution is 2.33. The van der Waals surface area contributed by atoms with Gasteiger partial charge in [0.05, 0.1) is 16.9 Å². The van der Waals surface area contributed by atoms with Crippen LogP contribution in [0.5, 0.6) is 0 Å². The molecule has 1 aromatic carbocycles. The highest BCUT2D eigenvalue weighted by molar-refractivity contribution is 6.10. The Morgan fingerprint density at radius 1 is 1.19 bits per heavy atom. The molecule has 1 amide bonds. The molecular formula is C22H23N7O2. The third-order valence-corrected chi connectivity index (χ3v) is 5.90. The summed E-state index contributed by atoms with van der Waals surface area (Å²) in [7, 11) is 0. The van der Waals surface area contributed by atoms with E-state index in [1.165, 1.54) is 4.52 Å². The molecule has 0 bridgehead atoms. The Labute approximate surface area is 177 Å². The Balaban J connectivity index is 1.54. The SMILES string of the molecule is NCC1CCN(c2cc3ncccc3cc2NC(=O)c2c(=O)[nH]n3cccnc23)CC1. The van der Waals surface area contributed by atoms with Gasteiger partial charge in [0.25, 0.3) is 11.5 Å². The van der Waals surface area contributed by atoms with Crippen LogP contribution >= 0.6 is 0 Å². The molecule has 4 N–H and O–H groups in total. The van der Waals surface area contributed by atoms with Gasteiger partial charge in [-0.15, -0.1) is 0 Å². The molecule has 9 heteroatoms. The summed E-state index contributed by atoms with van der Waals surface area (Å²) in [6.07, 6.45) is 6.95. The molecule has 0 spiro atoms. The van der Waals surface area contributed by atoms with E-state index in [9.17, 15) is 9.59 Å². The molecule has 4 aromatic rings. The standard InChI is InChI=1S/C22H23N7O2/c23-13-14-4-9-28(10-5-14)18-12-16-15(3-1-6-24-16)11-17(18)26-21(30)19-20-25-7-2-8-29(20)27-22(19)31/h1-3,6-8,11-12,14H,4-5,9-10,13,23H2,(H,26,30)(H,27,31). The maximum atomic E-state index is 13.1. The van der Waals surface area contributed by atoms with Crippen LogP contribution in [0, 0.1) is 5.92 Å². The van der Waals surface area contributed by atoms with Crippen LogP contribution in [-0.2, 0) is 0 Å². The first-order valence-corrected chi connectivity index (χ1v) is 10.3. The molecule has 31 heavy (non-hydrogen) atoms. The van der Waals surface area contributed by atoms with E-state index in [1.54, 1.807) is 24.7 Å². The number of pyridine rings is 1. The maximum absolute atomic E-state index is 13.1. The van der Waals surface area contributed by atoms with Gasteiger partial charge in [0.15, 0.2) is 11.2 Å². The van der Waals surface area contributed by atoms with E-state index in [2.05, 4.69) is 25.3 Å². The van der Waals surface area contributed by atoms with Crippen LogP contribution in [0.4, 0.5) is 11.4 Å². The number of aromatic nitrogens is 4. The second-order valence-electron chi connectivity index (χ2n) is 7.81. The zero-order valence-corrected chi connectivity index (χ0v) is 16.9. The molecule has 4 heterocycles. The average Bonchev–Trinajstić information content (AvgIpc) is 3.14. The fourth-order valence-electron chi connectivity index (χ4n) is 4.18. The molecule has 1 aliphatic rings. The van der Waals surface area contributed by atoms with Crippen molar-refractivity contribution in [2.75, 3.05) is 29.9 Å². The van der Waals surface area contributed by atoms with Crippen molar-refractivity contribution in [2.45, 2.75) is 12.8 Å². The number of rotatable bonds is 4. The van der Waals surface area contributed by atoms with Gasteiger partial charge >= 0.3 is 0 Å². The Morgan fingerprint density at radius 2 is 2.00 bits per heavy atom. The largest absolute Gasteiger partial charge is 0.370 e. The van der Waals surface area contributed by atoms with Gasteiger partial charge in [-0.1, -0.05) is 6.07 Å². The highest BCUT2D eigenvalue weighted by atomic mass is 16.2. The lowest BCUT2D eigenvalue weighted by molar-refractivity contribution is 0.102. The van der Waals surface area contributed by atoms with Gasteiger partial charge in [-0.05, 0) is 49.6 Å². The number of carbonyl (C=O) groups is 1. The Morgan fingerprint density at radius 3 is 2.81 bits per heavy atom. The van der Waals surface area contributed by atoms with Gasteiger partial charge in [-0.25, -0.2) is 9.50 Å². The predicted molar refractivity (Wildman–Crippen MR) is 120 cm³/mol. The predicted octanol–water partition coefficient (Wildman–Crippen LogP) is 2.00. The number of fused-ring (bicyclic) bond motifs is 2. The van der Waals surface area contributed by atoms with E-state index in [-0.39, 0.29) is 11.2 Å². The molecule has 0 radical (unpaired) electrons. The van der Waals surface area contributed by atoms with E-state index in [1.807, 2.05) is 24.3 Å². The number of benzene rings is 1. The molecule has 9 nitrogen and oxygen atoms in total. The van der Waals surface area contributed by atoms with E-state index in [0.29, 0.717) is 18.2 Å². The average molecular weight is 417 g/mol. The number of hydrogen-bond donors (Lipinski definition) is 3. The number of piperidine rings is 1. The Hall–Kier alpha value is -3.72. The van der Waals surface area contributed by atoms with E-state index >= 15 is 0 Å². The number of nitrogens with two attached hydrogens (primary N) is 1. The van der Waals surface area contributed by atoms with E-state index in [0.717, 1.165) is 42.5 Å². The van der Waals surface area contributed by atoms with Crippen molar-refractivity contribution in [2.24, 2.45) is 11.7 Å². The summed E-state index contributed by atoms with van der Waals surface area (Å²) in [5, 5.41) is 6.48. The lowest BCUT2D eigenvalue weighted by atomic mass is 9.96. The van der Waals surface area contributed by atoms with Crippen molar-refractivity contribution in [1.29, 1.82) is 0 Å². The van der Waals surface area contributed by atoms with Gasteiger partial charge in [-0.3, -0.25) is 19.7 Å². The molecule has 1 saturated heterocycles. The molecule has 5 rings (SSSR count). The zero-order valence-electron chi connectivity index (χ0n) is 16.9. The number of amides is 1. The summed E-state index contributed by atoms with van der Waals surface area (Å²) in [4.78, 5) is 36.5. The Kier molecular flexibility index (Phi) is 4.87. The number of H-pyrrole nitrogens is 1. The third-order valence-electron chi connectivity index (χ3n) is 5.90. The lowest BCUT2D eigenvalue weighted by Crippen LogP contribution is -2.36. The Bertz CT molecular complexity index is 1320. The fraction of sp³-hybridized carbons (Fsp3) is 0.273. The van der Waals surface area contributed by atoms with E-state index in [4.69, 9.17) is 5.73 Å². The van der Waals surface area contributed by atoms with Gasteiger partial charge < -0.3 is 16.0 Å². The number of nitrogens with zero attached hydrogens (tertiary/aromatic N) is 4. The quantitative estimate of drug-likeness (QED) is 0.467. The second-order valence-corrected chi connectivity index (χ2v) is 7.81. The number of nitrogens with one attached hydrogen (secondary N) is 2. The fourth-order valence-corrected chi connectivity index (χ4v) is 4.18. The van der Waals surface area contributed by atoms with Crippen LogP contribution in [0.25, 0.3) is 16.6 Å². The van der Waals surface area contributed by atoms with Crippen molar-refractivity contribution >= 4 is 33.8 Å². The monoisotopic (exact) mass is 417 g/mol. The minimum Gasteiger partial charge on any atom is -0.370 e. The van der Waals surface area contributed by atoms with Gasteiger partial charge in [0.1, 0.15) is 0 Å². The van der Waals surface area contributed by atoms with Crippen LogP contribution < -0.4 is 21.5 Å². The van der Waals surface area contributed by atoms with Crippen molar-refractivity contribution < 1.29 is 4.79 Å². The van der Waals surface area contributed by atoms with Crippen molar-refractivity contribution in [3.63, 3.8) is 0 Å². The summed E-state index contributed by atoms with van der Waals surface area (Å²) in [5.74, 6) is 0.0222. The third kappa shape index (κ3) is 3.53.